The average molecular weight is 298 g/mol. The summed E-state index contributed by atoms with van der Waals surface area (Å²) in [5.74, 6) is 0.579. The number of hydrogen-bond acceptors (Lipinski definition) is 4. The van der Waals surface area contributed by atoms with Gasteiger partial charge in [-0.2, -0.15) is 0 Å². The van der Waals surface area contributed by atoms with Crippen molar-refractivity contribution < 1.29 is 0 Å². The Hall–Kier alpha value is -1.63. The molecular weight excluding hydrogens is 286 g/mol. The number of aromatic nitrogens is 4. The zero-order chi connectivity index (χ0) is 12.4. The van der Waals surface area contributed by atoms with Gasteiger partial charge in [0.25, 0.3) is 5.56 Å². The van der Waals surface area contributed by atoms with E-state index in [1.165, 1.54) is 4.68 Å². The Morgan fingerprint density at radius 3 is 2.88 bits per heavy atom. The highest BCUT2D eigenvalue weighted by atomic mass is 79.9. The highest BCUT2D eigenvalue weighted by molar-refractivity contribution is 9.10. The van der Waals surface area contributed by atoms with Crippen LogP contribution >= 0.6 is 15.9 Å². The molecule has 0 aliphatic carbocycles. The summed E-state index contributed by atoms with van der Waals surface area (Å²) < 4.78 is 3.63. The van der Waals surface area contributed by atoms with Crippen LogP contribution in [0.5, 0.6) is 0 Å². The number of aryl methyl sites for hydroxylation is 1. The van der Waals surface area contributed by atoms with Crippen LogP contribution < -0.4 is 11.3 Å². The van der Waals surface area contributed by atoms with Crippen LogP contribution in [0.4, 0.5) is 5.82 Å². The minimum Gasteiger partial charge on any atom is -0.381 e. The number of nitrogens with zero attached hydrogens (tertiary/aromatic N) is 4. The van der Waals surface area contributed by atoms with E-state index in [0.717, 1.165) is 6.42 Å². The second-order valence-corrected chi connectivity index (χ2v) is 4.41. The molecule has 0 amide bonds. The van der Waals surface area contributed by atoms with Gasteiger partial charge in [-0.1, -0.05) is 6.92 Å². The SMILES string of the molecule is CCCn1ccnc(-n2cc(Br)c(N)n2)c1=O. The molecule has 90 valence electrons. The van der Waals surface area contributed by atoms with Crippen molar-refractivity contribution in [2.75, 3.05) is 5.73 Å². The molecule has 0 bridgehead atoms. The van der Waals surface area contributed by atoms with Crippen LogP contribution in [-0.2, 0) is 6.54 Å². The Balaban J connectivity index is 2.52. The number of halogens is 1. The third-order valence-corrected chi connectivity index (χ3v) is 2.88. The van der Waals surface area contributed by atoms with E-state index in [-0.39, 0.29) is 11.4 Å². The van der Waals surface area contributed by atoms with E-state index >= 15 is 0 Å². The van der Waals surface area contributed by atoms with Gasteiger partial charge in [-0.3, -0.25) is 4.79 Å². The summed E-state index contributed by atoms with van der Waals surface area (Å²) in [4.78, 5) is 16.1. The summed E-state index contributed by atoms with van der Waals surface area (Å²) in [5, 5.41) is 4.01. The van der Waals surface area contributed by atoms with E-state index in [1.54, 1.807) is 23.2 Å². The standard InChI is InChI=1S/C10H12BrN5O/c1-2-4-15-5-3-13-9(10(15)17)16-6-7(11)8(12)14-16/h3,5-6H,2,4H2,1H3,(H2,12,14). The second-order valence-electron chi connectivity index (χ2n) is 3.56. The second kappa shape index (κ2) is 4.70. The monoisotopic (exact) mass is 297 g/mol. The fourth-order valence-electron chi connectivity index (χ4n) is 1.48. The Labute approximate surface area is 106 Å². The molecule has 0 spiro atoms. The van der Waals surface area contributed by atoms with Gasteiger partial charge >= 0.3 is 0 Å². The molecule has 6 nitrogen and oxygen atoms in total. The minimum absolute atomic E-state index is 0.177. The van der Waals surface area contributed by atoms with Crippen molar-refractivity contribution in [2.24, 2.45) is 0 Å². The van der Waals surface area contributed by atoms with Crippen LogP contribution in [0.25, 0.3) is 5.82 Å². The summed E-state index contributed by atoms with van der Waals surface area (Å²) in [7, 11) is 0. The van der Waals surface area contributed by atoms with Crippen molar-refractivity contribution >= 4 is 21.7 Å². The summed E-state index contributed by atoms with van der Waals surface area (Å²) in [6.07, 6.45) is 5.75. The molecule has 0 radical (unpaired) electrons. The van der Waals surface area contributed by atoms with Crippen molar-refractivity contribution in [1.82, 2.24) is 19.3 Å². The molecule has 17 heavy (non-hydrogen) atoms. The molecule has 7 heteroatoms. The van der Waals surface area contributed by atoms with Gasteiger partial charge in [-0.25, -0.2) is 9.67 Å². The molecule has 0 unspecified atom stereocenters. The lowest BCUT2D eigenvalue weighted by Crippen LogP contribution is -2.25. The highest BCUT2D eigenvalue weighted by Crippen LogP contribution is 2.17. The van der Waals surface area contributed by atoms with Crippen molar-refractivity contribution in [3.05, 3.63) is 33.4 Å². The number of hydrogen-bond donors (Lipinski definition) is 1. The topological polar surface area (TPSA) is 78.7 Å². The minimum atomic E-state index is -0.177. The van der Waals surface area contributed by atoms with Gasteiger partial charge in [0.1, 0.15) is 0 Å². The molecule has 0 aromatic carbocycles. The molecule has 2 aromatic rings. The maximum atomic E-state index is 12.1. The highest BCUT2D eigenvalue weighted by Gasteiger charge is 2.10. The molecule has 2 rings (SSSR count). The zero-order valence-electron chi connectivity index (χ0n) is 9.30. The van der Waals surface area contributed by atoms with E-state index < -0.39 is 0 Å². The van der Waals surface area contributed by atoms with Gasteiger partial charge in [-0.15, -0.1) is 5.10 Å². The van der Waals surface area contributed by atoms with Crippen LogP contribution in [-0.4, -0.2) is 19.3 Å². The van der Waals surface area contributed by atoms with Gasteiger partial charge in [0.15, 0.2) is 5.82 Å². The Morgan fingerprint density at radius 1 is 1.53 bits per heavy atom. The molecule has 0 aliphatic rings. The van der Waals surface area contributed by atoms with Crippen molar-refractivity contribution in [2.45, 2.75) is 19.9 Å². The first kappa shape index (κ1) is 11.8. The lowest BCUT2D eigenvalue weighted by molar-refractivity contribution is 0.637. The smallest absolute Gasteiger partial charge is 0.295 e. The molecule has 0 saturated heterocycles. The maximum Gasteiger partial charge on any atom is 0.295 e. The third-order valence-electron chi connectivity index (χ3n) is 2.27. The fourth-order valence-corrected chi connectivity index (χ4v) is 1.76. The first-order chi connectivity index (χ1) is 8.13. The normalized spacial score (nSPS) is 10.7. The van der Waals surface area contributed by atoms with E-state index in [2.05, 4.69) is 26.0 Å². The predicted molar refractivity (Wildman–Crippen MR) is 68.0 cm³/mol. The van der Waals surface area contributed by atoms with E-state index in [9.17, 15) is 4.79 Å². The quantitative estimate of drug-likeness (QED) is 0.923. The number of nitrogen functional groups attached to an aromatic ring is 1. The Kier molecular flexibility index (Phi) is 3.28. The molecule has 2 heterocycles. The Morgan fingerprint density at radius 2 is 2.29 bits per heavy atom. The molecule has 2 N–H and O–H groups in total. The summed E-state index contributed by atoms with van der Waals surface area (Å²) in [5.41, 5.74) is 5.43. The van der Waals surface area contributed by atoms with Crippen LogP contribution in [0.2, 0.25) is 0 Å². The average Bonchev–Trinajstić information content (AvgIpc) is 2.62. The first-order valence-corrected chi connectivity index (χ1v) is 5.99. The van der Waals surface area contributed by atoms with Gasteiger partial charge in [0, 0.05) is 25.1 Å². The molecule has 0 atom stereocenters. The largest absolute Gasteiger partial charge is 0.381 e. The Bertz CT molecular complexity index is 569. The van der Waals surface area contributed by atoms with Gasteiger partial charge < -0.3 is 10.3 Å². The summed E-state index contributed by atoms with van der Waals surface area (Å²) in [6, 6.07) is 0. The van der Waals surface area contributed by atoms with Crippen LogP contribution in [0, 0.1) is 0 Å². The maximum absolute atomic E-state index is 12.1. The van der Waals surface area contributed by atoms with Crippen LogP contribution in [0.3, 0.4) is 0 Å². The van der Waals surface area contributed by atoms with E-state index in [4.69, 9.17) is 5.73 Å². The predicted octanol–water partition coefficient (Wildman–Crippen LogP) is 1.18. The van der Waals surface area contributed by atoms with Crippen molar-refractivity contribution in [1.29, 1.82) is 0 Å². The molecular formula is C10H12BrN5O. The number of rotatable bonds is 3. The molecule has 0 saturated carbocycles. The van der Waals surface area contributed by atoms with Gasteiger partial charge in [0.2, 0.25) is 5.82 Å². The van der Waals surface area contributed by atoms with Crippen LogP contribution in [0.15, 0.2) is 27.9 Å². The fraction of sp³-hybridized carbons (Fsp3) is 0.300. The third kappa shape index (κ3) is 2.23. The van der Waals surface area contributed by atoms with Gasteiger partial charge in [0.05, 0.1) is 4.47 Å². The number of anilines is 1. The zero-order valence-corrected chi connectivity index (χ0v) is 10.9. The van der Waals surface area contributed by atoms with E-state index in [0.29, 0.717) is 16.8 Å². The molecule has 2 aromatic heterocycles. The van der Waals surface area contributed by atoms with E-state index in [1.807, 2.05) is 6.92 Å². The van der Waals surface area contributed by atoms with Crippen molar-refractivity contribution in [3.8, 4) is 5.82 Å². The lowest BCUT2D eigenvalue weighted by Gasteiger charge is -2.05. The van der Waals surface area contributed by atoms with Gasteiger partial charge in [-0.05, 0) is 22.4 Å². The van der Waals surface area contributed by atoms with Crippen LogP contribution in [0.1, 0.15) is 13.3 Å². The first-order valence-electron chi connectivity index (χ1n) is 5.20. The molecule has 0 aliphatic heterocycles. The molecule has 0 fully saturated rings. The summed E-state index contributed by atoms with van der Waals surface area (Å²) >= 11 is 3.24. The number of nitrogens with two attached hydrogens (primary N) is 1. The summed E-state index contributed by atoms with van der Waals surface area (Å²) in [6.45, 7) is 2.67. The lowest BCUT2D eigenvalue weighted by atomic mass is 10.4. The van der Waals surface area contributed by atoms with Crippen molar-refractivity contribution in [3.63, 3.8) is 0 Å².